The van der Waals surface area contributed by atoms with Crippen LogP contribution in [0.5, 0.6) is 5.75 Å². The van der Waals surface area contributed by atoms with Crippen molar-refractivity contribution in [1.29, 1.82) is 0 Å². The molecule has 0 bridgehead atoms. The summed E-state index contributed by atoms with van der Waals surface area (Å²) in [5, 5.41) is 2.51. The number of carbonyl (C=O) groups excluding carboxylic acids is 3. The van der Waals surface area contributed by atoms with Gasteiger partial charge in [-0.3, -0.25) is 23.7 Å². The fourth-order valence-electron chi connectivity index (χ4n) is 4.69. The van der Waals surface area contributed by atoms with Crippen molar-refractivity contribution in [2.24, 2.45) is 11.8 Å². The minimum Gasteiger partial charge on any atom is -0.463 e. The monoisotopic (exact) mass is 807 g/mol. The van der Waals surface area contributed by atoms with Gasteiger partial charge in [0.05, 0.1) is 24.8 Å². The van der Waals surface area contributed by atoms with Crippen molar-refractivity contribution >= 4 is 53.2 Å². The molecule has 0 spiro atoms. The normalized spacial score (nSPS) is 23.1. The summed E-state index contributed by atoms with van der Waals surface area (Å²) >= 11 is 10.3. The van der Waals surface area contributed by atoms with Crippen LogP contribution < -0.4 is 21.1 Å². The van der Waals surface area contributed by atoms with E-state index in [1.54, 1.807) is 78.8 Å². The molecule has 2 aromatic rings. The van der Waals surface area contributed by atoms with Crippen LogP contribution in [0.1, 0.15) is 61.6 Å². The van der Waals surface area contributed by atoms with E-state index in [-0.39, 0.29) is 5.75 Å². The minimum absolute atomic E-state index is 0.188. The summed E-state index contributed by atoms with van der Waals surface area (Å²) in [6.45, 7) is 12.6. The zero-order chi connectivity index (χ0) is 37.6. The lowest BCUT2D eigenvalue weighted by Gasteiger charge is -2.30. The van der Waals surface area contributed by atoms with E-state index in [2.05, 4.69) is 26.2 Å². The van der Waals surface area contributed by atoms with E-state index in [4.69, 9.17) is 39.6 Å². The summed E-state index contributed by atoms with van der Waals surface area (Å²) in [5.41, 5.74) is -2.42. The molecular formula is C32H44BrClN3O12P. The van der Waals surface area contributed by atoms with E-state index in [9.17, 15) is 28.5 Å². The third-order valence-electron chi connectivity index (χ3n) is 6.96. The zero-order valence-electron chi connectivity index (χ0n) is 29.0. The number of amides is 1. The highest BCUT2D eigenvalue weighted by atomic mass is 79.9. The molecule has 1 aromatic heterocycles. The number of rotatable bonds is 14. The molecule has 1 saturated heterocycles. The van der Waals surface area contributed by atoms with Gasteiger partial charge in [0.1, 0.15) is 23.5 Å². The van der Waals surface area contributed by atoms with Crippen LogP contribution in [-0.4, -0.2) is 74.1 Å². The van der Waals surface area contributed by atoms with E-state index in [1.807, 2.05) is 0 Å². The van der Waals surface area contributed by atoms with Gasteiger partial charge in [-0.05, 0) is 52.7 Å². The number of nitrogens with one attached hydrogen (secondary N) is 2. The lowest BCUT2D eigenvalue weighted by Crippen LogP contribution is -2.51. The molecule has 0 aliphatic carbocycles. The molecule has 0 saturated carbocycles. The number of esters is 2. The van der Waals surface area contributed by atoms with Crippen LogP contribution in [0, 0.1) is 11.8 Å². The highest BCUT2D eigenvalue weighted by Crippen LogP contribution is 2.53. The molecule has 2 heterocycles. The van der Waals surface area contributed by atoms with Crippen molar-refractivity contribution in [3.05, 3.63) is 63.4 Å². The average Bonchev–Trinajstić information content (AvgIpc) is 3.22. The Morgan fingerprint density at radius 1 is 1.08 bits per heavy atom. The Morgan fingerprint density at radius 2 is 1.72 bits per heavy atom. The van der Waals surface area contributed by atoms with Gasteiger partial charge < -0.3 is 28.8 Å². The van der Waals surface area contributed by atoms with Crippen molar-refractivity contribution < 1.29 is 46.9 Å². The van der Waals surface area contributed by atoms with Gasteiger partial charge in [-0.2, -0.15) is 0 Å². The Morgan fingerprint density at radius 3 is 2.28 bits per heavy atom. The fraction of sp³-hybridized carbons (Fsp3) is 0.594. The van der Waals surface area contributed by atoms with E-state index >= 15 is 0 Å². The molecule has 1 aliphatic rings. The SMILES string of the molecule is CC(C)OC(=O)[C@H](C)C[P@](=O)(OC[C@H]1O[C@@H](n2ccc(=O)[nH]c2=O)[C@](Cl)(Br)[C@@H]1OC(=O)[C@@H](NC(=O)OC(C)(C)C)C(C)C)Oc1ccccc1. The predicted octanol–water partition coefficient (Wildman–Crippen LogP) is 5.10. The Hall–Kier alpha value is -3.17. The molecule has 1 fully saturated rings. The number of halogens is 2. The number of para-hydroxylation sites is 1. The highest BCUT2D eigenvalue weighted by Gasteiger charge is 2.59. The standard InChI is InChI=1S/C32H44BrClN3O12P/c1-18(2)24(36-30(42)48-31(6,7)8)27(40)47-25-22(46-28(32(25,33)34)37-15-14-23(38)35-29(37)41)16-44-50(43,49-21-12-10-9-11-13-21)17-20(5)26(39)45-19(3)4/h9-15,18-20,22,24-25,28H,16-17H2,1-8H3,(H,36,42)(H,35,38,41)/t20-,22-,24+,25-,28-,32+,50+/m1/s1. The molecule has 7 atom stereocenters. The maximum absolute atomic E-state index is 14.3. The summed E-state index contributed by atoms with van der Waals surface area (Å²) in [5.74, 6) is -2.78. The smallest absolute Gasteiger partial charge is 0.408 e. The van der Waals surface area contributed by atoms with Crippen LogP contribution in [0.3, 0.4) is 0 Å². The Bertz CT molecular complexity index is 1660. The highest BCUT2D eigenvalue weighted by molar-refractivity contribution is 9.10. The summed E-state index contributed by atoms with van der Waals surface area (Å²) in [4.78, 5) is 65.7. The number of benzene rings is 1. The van der Waals surface area contributed by atoms with Crippen molar-refractivity contribution in [2.45, 2.75) is 95.4 Å². The van der Waals surface area contributed by atoms with Gasteiger partial charge in [-0.25, -0.2) is 18.9 Å². The predicted molar refractivity (Wildman–Crippen MR) is 187 cm³/mol. The number of hydrogen-bond donors (Lipinski definition) is 2. The quantitative estimate of drug-likeness (QED) is 0.111. The Kier molecular flexibility index (Phi) is 13.9. The molecule has 1 amide bonds. The molecule has 15 nitrogen and oxygen atoms in total. The number of aromatic nitrogens is 2. The van der Waals surface area contributed by atoms with Gasteiger partial charge in [0.2, 0.25) is 0 Å². The second kappa shape index (κ2) is 16.9. The van der Waals surface area contributed by atoms with Crippen LogP contribution >= 0.6 is 35.1 Å². The third kappa shape index (κ3) is 11.4. The van der Waals surface area contributed by atoms with Gasteiger partial charge in [-0.15, -0.1) is 0 Å². The lowest BCUT2D eigenvalue weighted by atomic mass is 10.0. The van der Waals surface area contributed by atoms with Gasteiger partial charge >= 0.3 is 31.3 Å². The lowest BCUT2D eigenvalue weighted by molar-refractivity contribution is -0.157. The van der Waals surface area contributed by atoms with Gasteiger partial charge in [0, 0.05) is 12.3 Å². The first-order valence-electron chi connectivity index (χ1n) is 15.9. The molecule has 18 heteroatoms. The van der Waals surface area contributed by atoms with Crippen LogP contribution in [0.2, 0.25) is 0 Å². The number of alkyl carbamates (subject to hydrolysis) is 1. The van der Waals surface area contributed by atoms with E-state index < -0.39 is 101 Å². The maximum atomic E-state index is 14.3. The number of hydrogen-bond acceptors (Lipinski definition) is 12. The number of ether oxygens (including phenoxy) is 4. The number of alkyl halides is 2. The molecule has 2 N–H and O–H groups in total. The number of nitrogens with zero attached hydrogens (tertiary/aromatic N) is 1. The fourth-order valence-corrected chi connectivity index (χ4v) is 7.62. The summed E-state index contributed by atoms with van der Waals surface area (Å²) in [7, 11) is -4.20. The largest absolute Gasteiger partial charge is 0.463 e. The Balaban J connectivity index is 1.98. The number of aromatic amines is 1. The number of carbonyl (C=O) groups is 3. The van der Waals surface area contributed by atoms with Gasteiger partial charge in [0.25, 0.3) is 5.56 Å². The average molecular weight is 809 g/mol. The molecule has 1 aromatic carbocycles. The maximum Gasteiger partial charge on any atom is 0.408 e. The first-order valence-corrected chi connectivity index (χ1v) is 18.7. The molecule has 50 heavy (non-hydrogen) atoms. The van der Waals surface area contributed by atoms with Crippen LogP contribution in [0.15, 0.2) is 52.2 Å². The second-order valence-corrected chi connectivity index (χ2v) is 17.7. The van der Waals surface area contributed by atoms with Crippen LogP contribution in [0.25, 0.3) is 0 Å². The topological polar surface area (TPSA) is 191 Å². The molecule has 3 rings (SSSR count). The summed E-state index contributed by atoms with van der Waals surface area (Å²) in [6, 6.07) is 7.98. The molecule has 0 unspecified atom stereocenters. The van der Waals surface area contributed by atoms with E-state index in [0.717, 1.165) is 16.8 Å². The van der Waals surface area contributed by atoms with Crippen molar-refractivity contribution in [1.82, 2.24) is 14.9 Å². The van der Waals surface area contributed by atoms with Crippen molar-refractivity contribution in [2.75, 3.05) is 12.8 Å². The van der Waals surface area contributed by atoms with Crippen LogP contribution in [-0.2, 0) is 37.6 Å². The van der Waals surface area contributed by atoms with Gasteiger partial charge in [-0.1, -0.05) is 66.5 Å². The second-order valence-electron chi connectivity index (χ2n) is 13.3. The number of H-pyrrole nitrogens is 1. The summed E-state index contributed by atoms with van der Waals surface area (Å²) < 4.78 is 47.7. The molecule has 0 radical (unpaired) electrons. The first-order chi connectivity index (χ1) is 23.1. The molecular weight excluding hydrogens is 765 g/mol. The Labute approximate surface area is 303 Å². The minimum atomic E-state index is -4.20. The first kappa shape index (κ1) is 41.3. The van der Waals surface area contributed by atoms with E-state index in [1.165, 1.54) is 6.92 Å². The third-order valence-corrected chi connectivity index (χ3v) is 10.2. The van der Waals surface area contributed by atoms with Gasteiger partial charge in [0.15, 0.2) is 16.1 Å². The molecule has 1 aliphatic heterocycles. The van der Waals surface area contributed by atoms with E-state index in [0.29, 0.717) is 0 Å². The van der Waals surface area contributed by atoms with Crippen LogP contribution in [0.4, 0.5) is 4.79 Å². The van der Waals surface area contributed by atoms with Crippen molar-refractivity contribution in [3.63, 3.8) is 0 Å². The van der Waals surface area contributed by atoms with Crippen molar-refractivity contribution in [3.8, 4) is 5.75 Å². The molecule has 278 valence electrons. The summed E-state index contributed by atoms with van der Waals surface area (Å²) in [6.07, 6.45) is -4.79. The zero-order valence-corrected chi connectivity index (χ0v) is 32.3.